The van der Waals surface area contributed by atoms with E-state index < -0.39 is 0 Å². The van der Waals surface area contributed by atoms with Gasteiger partial charge in [0.25, 0.3) is 0 Å². The number of anilines is 3. The number of amides is 1. The number of hydrogen-bond donors (Lipinski definition) is 3. The van der Waals surface area contributed by atoms with Crippen LogP contribution >= 0.6 is 11.3 Å². The fourth-order valence-corrected chi connectivity index (χ4v) is 4.79. The highest BCUT2D eigenvalue weighted by molar-refractivity contribution is 7.22. The van der Waals surface area contributed by atoms with Crippen molar-refractivity contribution in [1.29, 1.82) is 0 Å². The Balaban J connectivity index is 1.35. The van der Waals surface area contributed by atoms with Crippen LogP contribution in [0.2, 0.25) is 0 Å². The fourth-order valence-electron chi connectivity index (χ4n) is 3.93. The summed E-state index contributed by atoms with van der Waals surface area (Å²) in [5, 5.41) is 21.2. The summed E-state index contributed by atoms with van der Waals surface area (Å²) in [6, 6.07) is 7.49. The van der Waals surface area contributed by atoms with Crippen LogP contribution in [0, 0.1) is 0 Å². The van der Waals surface area contributed by atoms with E-state index in [4.69, 9.17) is 9.84 Å². The Kier molecular flexibility index (Phi) is 5.89. The standard InChI is InChI=1S/C24H27N7O3S/c1-13(32)27-20-10-16(5-6-25-20)34-17-9-18-22(26-12-17)29-23(35-18)28-21-11-19(24(2,3)4)31(30-21)14-7-15(33)8-14/h5-6,9-12,14-15,33H,7-8H2,1-4H3,(H,25,27,32)(H,26,28,29,30)/t14-,15-. The van der Waals surface area contributed by atoms with Crippen LogP contribution in [0.25, 0.3) is 10.3 Å². The minimum absolute atomic E-state index is 0.0817. The third kappa shape index (κ3) is 5.10. The van der Waals surface area contributed by atoms with Gasteiger partial charge in [0.1, 0.15) is 17.3 Å². The highest BCUT2D eigenvalue weighted by Crippen LogP contribution is 2.38. The molecule has 35 heavy (non-hydrogen) atoms. The third-order valence-electron chi connectivity index (χ3n) is 5.67. The number of nitrogens with one attached hydrogen (secondary N) is 2. The van der Waals surface area contributed by atoms with E-state index >= 15 is 0 Å². The van der Waals surface area contributed by atoms with E-state index in [1.54, 1.807) is 24.5 Å². The SMILES string of the molecule is CC(=O)Nc1cc(Oc2cnc3nc(Nc4cc(C(C)(C)C)n([C@H]5C[C@H](O)C5)n4)sc3c2)ccn1. The molecule has 0 aliphatic heterocycles. The summed E-state index contributed by atoms with van der Waals surface area (Å²) in [6.07, 6.45) is 4.38. The fraction of sp³-hybridized carbons (Fsp3) is 0.375. The summed E-state index contributed by atoms with van der Waals surface area (Å²) in [4.78, 5) is 24.4. The van der Waals surface area contributed by atoms with Crippen molar-refractivity contribution in [2.75, 3.05) is 10.6 Å². The maximum atomic E-state index is 11.3. The maximum Gasteiger partial charge on any atom is 0.222 e. The van der Waals surface area contributed by atoms with Gasteiger partial charge in [-0.25, -0.2) is 9.97 Å². The first-order valence-electron chi connectivity index (χ1n) is 11.4. The van der Waals surface area contributed by atoms with Crippen LogP contribution in [-0.4, -0.2) is 41.9 Å². The van der Waals surface area contributed by atoms with Gasteiger partial charge < -0.3 is 20.5 Å². The molecule has 0 unspecified atom stereocenters. The number of carbonyl (C=O) groups excluding carboxylic acids is 1. The monoisotopic (exact) mass is 493 g/mol. The zero-order valence-corrected chi connectivity index (χ0v) is 20.8. The van der Waals surface area contributed by atoms with E-state index in [1.807, 2.05) is 10.7 Å². The molecule has 0 radical (unpaired) electrons. The first-order chi connectivity index (χ1) is 16.6. The lowest BCUT2D eigenvalue weighted by atomic mass is 9.87. The summed E-state index contributed by atoms with van der Waals surface area (Å²) >= 11 is 1.46. The van der Waals surface area contributed by atoms with E-state index in [9.17, 15) is 9.90 Å². The van der Waals surface area contributed by atoms with Crippen LogP contribution < -0.4 is 15.4 Å². The van der Waals surface area contributed by atoms with E-state index in [2.05, 4.69) is 52.4 Å². The van der Waals surface area contributed by atoms with Crippen LogP contribution in [0.1, 0.15) is 52.3 Å². The third-order valence-corrected chi connectivity index (χ3v) is 6.57. The number of aliphatic hydroxyl groups excluding tert-OH is 1. The lowest BCUT2D eigenvalue weighted by molar-refractivity contribution is -0.114. The second-order valence-corrected chi connectivity index (χ2v) is 10.7. The summed E-state index contributed by atoms with van der Waals surface area (Å²) in [5.41, 5.74) is 1.64. The number of pyridine rings is 2. The number of thiazole rings is 1. The summed E-state index contributed by atoms with van der Waals surface area (Å²) in [5.74, 6) is 2.02. The normalized spacial score (nSPS) is 17.7. The molecule has 4 heterocycles. The summed E-state index contributed by atoms with van der Waals surface area (Å²) < 4.78 is 8.81. The largest absolute Gasteiger partial charge is 0.455 e. The zero-order chi connectivity index (χ0) is 24.7. The lowest BCUT2D eigenvalue weighted by Crippen LogP contribution is -2.34. The molecule has 1 aliphatic rings. The number of aromatic nitrogens is 5. The molecule has 4 aromatic rings. The molecule has 1 fully saturated rings. The quantitative estimate of drug-likeness (QED) is 0.350. The molecule has 5 rings (SSSR count). The van der Waals surface area contributed by atoms with Crippen LogP contribution in [0.4, 0.5) is 16.8 Å². The molecular weight excluding hydrogens is 466 g/mol. The highest BCUT2D eigenvalue weighted by atomic mass is 32.1. The average Bonchev–Trinajstić information content (AvgIpc) is 3.34. The predicted octanol–water partition coefficient (Wildman–Crippen LogP) is 4.77. The van der Waals surface area contributed by atoms with Gasteiger partial charge in [-0.2, -0.15) is 10.1 Å². The number of carbonyl (C=O) groups is 1. The van der Waals surface area contributed by atoms with E-state index in [1.165, 1.54) is 18.3 Å². The molecule has 3 N–H and O–H groups in total. The van der Waals surface area contributed by atoms with E-state index in [0.29, 0.717) is 33.9 Å². The Labute approximate surface area is 206 Å². The molecule has 1 saturated carbocycles. The number of fused-ring (bicyclic) bond motifs is 1. The van der Waals surface area contributed by atoms with Gasteiger partial charge in [0.05, 0.1) is 23.0 Å². The topological polar surface area (TPSA) is 127 Å². The highest BCUT2D eigenvalue weighted by Gasteiger charge is 2.33. The predicted molar refractivity (Wildman–Crippen MR) is 135 cm³/mol. The molecule has 0 spiro atoms. The Bertz CT molecular complexity index is 1390. The maximum absolute atomic E-state index is 11.3. The van der Waals surface area contributed by atoms with Gasteiger partial charge in [0.15, 0.2) is 16.6 Å². The minimum atomic E-state index is -0.246. The van der Waals surface area contributed by atoms with Gasteiger partial charge in [-0.05, 0) is 18.9 Å². The Morgan fingerprint density at radius 2 is 1.97 bits per heavy atom. The van der Waals surface area contributed by atoms with Gasteiger partial charge >= 0.3 is 0 Å². The average molecular weight is 494 g/mol. The Morgan fingerprint density at radius 1 is 1.17 bits per heavy atom. The van der Waals surface area contributed by atoms with Crippen molar-refractivity contribution in [3.05, 3.63) is 42.4 Å². The molecule has 0 saturated heterocycles. The Morgan fingerprint density at radius 3 is 2.69 bits per heavy atom. The number of ether oxygens (including phenoxy) is 1. The van der Waals surface area contributed by atoms with Gasteiger partial charge in [0.2, 0.25) is 5.91 Å². The van der Waals surface area contributed by atoms with Crippen LogP contribution in [0.3, 0.4) is 0 Å². The first-order valence-corrected chi connectivity index (χ1v) is 12.2. The van der Waals surface area contributed by atoms with E-state index in [-0.39, 0.29) is 23.5 Å². The van der Waals surface area contributed by atoms with Crippen molar-refractivity contribution >= 4 is 44.4 Å². The molecule has 10 nitrogen and oxygen atoms in total. The van der Waals surface area contributed by atoms with Gasteiger partial charge in [0, 0.05) is 42.4 Å². The molecule has 182 valence electrons. The van der Waals surface area contributed by atoms with Crippen molar-refractivity contribution in [2.24, 2.45) is 0 Å². The molecule has 1 amide bonds. The number of nitrogens with zero attached hydrogens (tertiary/aromatic N) is 5. The van der Waals surface area contributed by atoms with E-state index in [0.717, 1.165) is 23.2 Å². The van der Waals surface area contributed by atoms with Gasteiger partial charge in [-0.3, -0.25) is 9.48 Å². The summed E-state index contributed by atoms with van der Waals surface area (Å²) in [7, 11) is 0. The molecular formula is C24H27N7O3S. The van der Waals surface area contributed by atoms with Gasteiger partial charge in [-0.1, -0.05) is 32.1 Å². The van der Waals surface area contributed by atoms with Crippen LogP contribution in [-0.2, 0) is 10.2 Å². The minimum Gasteiger partial charge on any atom is -0.455 e. The molecule has 4 aromatic heterocycles. The van der Waals surface area contributed by atoms with Crippen LogP contribution in [0.5, 0.6) is 11.5 Å². The van der Waals surface area contributed by atoms with Crippen molar-refractivity contribution in [3.63, 3.8) is 0 Å². The molecule has 11 heteroatoms. The van der Waals surface area contributed by atoms with Crippen molar-refractivity contribution in [2.45, 2.75) is 58.1 Å². The van der Waals surface area contributed by atoms with Crippen LogP contribution in [0.15, 0.2) is 36.7 Å². The molecule has 0 atom stereocenters. The van der Waals surface area contributed by atoms with Crippen molar-refractivity contribution in [3.8, 4) is 11.5 Å². The number of rotatable bonds is 6. The van der Waals surface area contributed by atoms with Gasteiger partial charge in [-0.15, -0.1) is 0 Å². The number of aliphatic hydroxyl groups is 1. The number of hydrogen-bond acceptors (Lipinski definition) is 9. The smallest absolute Gasteiger partial charge is 0.222 e. The lowest BCUT2D eigenvalue weighted by Gasteiger charge is -2.34. The van der Waals surface area contributed by atoms with Crippen molar-refractivity contribution < 1.29 is 14.6 Å². The molecule has 0 bridgehead atoms. The van der Waals surface area contributed by atoms with Crippen molar-refractivity contribution in [1.82, 2.24) is 24.7 Å². The summed E-state index contributed by atoms with van der Waals surface area (Å²) in [6.45, 7) is 7.90. The molecule has 1 aliphatic carbocycles. The second kappa shape index (κ2) is 8.90. The Hall–Kier alpha value is -3.57. The first kappa shape index (κ1) is 23.2. The zero-order valence-electron chi connectivity index (χ0n) is 19.9. The second-order valence-electron chi connectivity index (χ2n) is 9.69. The molecule has 0 aromatic carbocycles.